The van der Waals surface area contributed by atoms with Gasteiger partial charge in [0, 0.05) is 18.1 Å². The summed E-state index contributed by atoms with van der Waals surface area (Å²) in [5, 5.41) is 13.2. The number of benzene rings is 2. The summed E-state index contributed by atoms with van der Waals surface area (Å²) >= 11 is 1.44. The second-order valence-corrected chi connectivity index (χ2v) is 7.78. The van der Waals surface area contributed by atoms with Crippen molar-refractivity contribution in [2.45, 2.75) is 26.2 Å². The summed E-state index contributed by atoms with van der Waals surface area (Å²) in [6, 6.07) is 17.8. The first-order valence-electron chi connectivity index (χ1n) is 9.60. The van der Waals surface area contributed by atoms with Crippen LogP contribution in [-0.2, 0) is 4.79 Å². The highest BCUT2D eigenvalue weighted by molar-refractivity contribution is 8.03. The van der Waals surface area contributed by atoms with Crippen LogP contribution in [0.25, 0.3) is 0 Å². The molecule has 2 aromatic rings. The number of thioether (sulfide) groups is 1. The molecule has 0 spiro atoms. The SMILES string of the molecule is CCOc1ccc([C@H]2CC(=O)NC(SCCOc3ccc(C)cc3)=C2C#N)cc1. The van der Waals surface area contributed by atoms with Crippen molar-refractivity contribution >= 4 is 17.7 Å². The highest BCUT2D eigenvalue weighted by Gasteiger charge is 2.29. The fraction of sp³-hybridized carbons (Fsp3) is 0.304. The van der Waals surface area contributed by atoms with Gasteiger partial charge in [0.15, 0.2) is 0 Å². The minimum atomic E-state index is -0.245. The summed E-state index contributed by atoms with van der Waals surface area (Å²) in [6.45, 7) is 5.05. The molecule has 150 valence electrons. The molecule has 0 aromatic heterocycles. The van der Waals surface area contributed by atoms with E-state index in [1.807, 2.05) is 62.4 Å². The minimum absolute atomic E-state index is 0.0789. The van der Waals surface area contributed by atoms with Crippen LogP contribution in [0.4, 0.5) is 0 Å². The lowest BCUT2D eigenvalue weighted by Crippen LogP contribution is -2.31. The Hall–Kier alpha value is -2.91. The highest BCUT2D eigenvalue weighted by Crippen LogP contribution is 2.36. The van der Waals surface area contributed by atoms with E-state index in [0.717, 1.165) is 17.1 Å². The summed E-state index contributed by atoms with van der Waals surface area (Å²) in [7, 11) is 0. The summed E-state index contributed by atoms with van der Waals surface area (Å²) in [6.07, 6.45) is 0.265. The Morgan fingerprint density at radius 1 is 1.10 bits per heavy atom. The van der Waals surface area contributed by atoms with Crippen molar-refractivity contribution in [2.75, 3.05) is 19.0 Å². The quantitative estimate of drug-likeness (QED) is 0.649. The third-order valence-electron chi connectivity index (χ3n) is 4.57. The van der Waals surface area contributed by atoms with E-state index in [4.69, 9.17) is 9.47 Å². The molecule has 2 aromatic carbocycles. The second-order valence-electron chi connectivity index (χ2n) is 6.67. The number of amides is 1. The van der Waals surface area contributed by atoms with Crippen LogP contribution < -0.4 is 14.8 Å². The lowest BCUT2D eigenvalue weighted by Gasteiger charge is -2.25. The van der Waals surface area contributed by atoms with Gasteiger partial charge in [0.2, 0.25) is 5.91 Å². The third-order valence-corrected chi connectivity index (χ3v) is 5.55. The molecule has 3 rings (SSSR count). The third kappa shape index (κ3) is 5.55. The zero-order chi connectivity index (χ0) is 20.6. The molecule has 0 bridgehead atoms. The van der Waals surface area contributed by atoms with Gasteiger partial charge in [-0.15, -0.1) is 11.8 Å². The molecular weight excluding hydrogens is 384 g/mol. The van der Waals surface area contributed by atoms with Gasteiger partial charge in [-0.05, 0) is 43.7 Å². The Morgan fingerprint density at radius 2 is 1.76 bits per heavy atom. The fourth-order valence-corrected chi connectivity index (χ4v) is 4.02. The number of allylic oxidation sites excluding steroid dienone is 1. The molecule has 1 amide bonds. The molecule has 1 aliphatic rings. The first kappa shape index (κ1) is 20.8. The molecule has 1 heterocycles. The van der Waals surface area contributed by atoms with E-state index < -0.39 is 0 Å². The molecule has 0 saturated heterocycles. The summed E-state index contributed by atoms with van der Waals surface area (Å²) in [5.74, 6) is 1.90. The molecule has 0 aliphatic carbocycles. The topological polar surface area (TPSA) is 71.3 Å². The minimum Gasteiger partial charge on any atom is -0.494 e. The van der Waals surface area contributed by atoms with E-state index in [-0.39, 0.29) is 18.2 Å². The van der Waals surface area contributed by atoms with Crippen molar-refractivity contribution in [3.63, 3.8) is 0 Å². The molecule has 0 fully saturated rings. The lowest BCUT2D eigenvalue weighted by atomic mass is 9.87. The molecule has 1 aliphatic heterocycles. The monoisotopic (exact) mass is 408 g/mol. The van der Waals surface area contributed by atoms with E-state index >= 15 is 0 Å². The molecular formula is C23H24N2O3S. The van der Waals surface area contributed by atoms with Crippen molar-refractivity contribution in [3.05, 3.63) is 70.3 Å². The van der Waals surface area contributed by atoms with Gasteiger partial charge >= 0.3 is 0 Å². The van der Waals surface area contributed by atoms with Crippen molar-refractivity contribution in [1.82, 2.24) is 5.32 Å². The zero-order valence-corrected chi connectivity index (χ0v) is 17.4. The fourth-order valence-electron chi connectivity index (χ4n) is 3.12. The Bertz CT molecular complexity index is 915. The number of carbonyl (C=O) groups is 1. The first-order chi connectivity index (χ1) is 14.1. The van der Waals surface area contributed by atoms with Gasteiger partial charge in [-0.1, -0.05) is 29.8 Å². The maximum absolute atomic E-state index is 12.3. The van der Waals surface area contributed by atoms with Crippen molar-refractivity contribution in [2.24, 2.45) is 0 Å². The zero-order valence-electron chi connectivity index (χ0n) is 16.6. The summed E-state index contributed by atoms with van der Waals surface area (Å²) in [5.41, 5.74) is 2.71. The van der Waals surface area contributed by atoms with Gasteiger partial charge < -0.3 is 14.8 Å². The molecule has 0 unspecified atom stereocenters. The average molecular weight is 409 g/mol. The lowest BCUT2D eigenvalue weighted by molar-refractivity contribution is -0.120. The second kappa shape index (κ2) is 10.0. The Balaban J connectivity index is 1.67. The normalized spacial score (nSPS) is 16.2. The number of hydrogen-bond donors (Lipinski definition) is 1. The maximum Gasteiger partial charge on any atom is 0.225 e. The van der Waals surface area contributed by atoms with Crippen molar-refractivity contribution < 1.29 is 14.3 Å². The van der Waals surface area contributed by atoms with E-state index in [0.29, 0.717) is 29.6 Å². The number of nitrogens with one attached hydrogen (secondary N) is 1. The molecule has 6 heteroatoms. The van der Waals surface area contributed by atoms with Gasteiger partial charge in [-0.3, -0.25) is 4.79 Å². The summed E-state index contributed by atoms with van der Waals surface area (Å²) in [4.78, 5) is 12.3. The van der Waals surface area contributed by atoms with E-state index in [1.165, 1.54) is 17.3 Å². The molecule has 29 heavy (non-hydrogen) atoms. The Kier molecular flexibility index (Phi) is 7.20. The predicted molar refractivity (Wildman–Crippen MR) is 115 cm³/mol. The molecule has 0 saturated carbocycles. The average Bonchev–Trinajstić information content (AvgIpc) is 2.73. The van der Waals surface area contributed by atoms with Gasteiger partial charge in [0.1, 0.15) is 11.5 Å². The van der Waals surface area contributed by atoms with Gasteiger partial charge in [0.25, 0.3) is 0 Å². The van der Waals surface area contributed by atoms with Crippen LogP contribution in [0.3, 0.4) is 0 Å². The van der Waals surface area contributed by atoms with E-state index in [2.05, 4.69) is 11.4 Å². The van der Waals surface area contributed by atoms with Gasteiger partial charge in [-0.2, -0.15) is 5.26 Å². The molecule has 1 atom stereocenters. The number of aryl methyl sites for hydroxylation is 1. The number of nitriles is 1. The van der Waals surface area contributed by atoms with Crippen molar-refractivity contribution in [3.8, 4) is 17.6 Å². The standard InChI is InChI=1S/C23H24N2O3S/c1-3-27-18-10-6-17(7-11-18)20-14-22(26)25-23(21(20)15-24)29-13-12-28-19-8-4-16(2)5-9-19/h4-11,20H,3,12-14H2,1-2H3,(H,25,26)/t20-/m1/s1. The smallest absolute Gasteiger partial charge is 0.225 e. The molecule has 5 nitrogen and oxygen atoms in total. The maximum atomic E-state index is 12.3. The predicted octanol–water partition coefficient (Wildman–Crippen LogP) is 4.54. The van der Waals surface area contributed by atoms with E-state index in [1.54, 1.807) is 0 Å². The van der Waals surface area contributed by atoms with Gasteiger partial charge in [-0.25, -0.2) is 0 Å². The van der Waals surface area contributed by atoms with Crippen LogP contribution in [0.1, 0.15) is 30.4 Å². The van der Waals surface area contributed by atoms with Crippen LogP contribution >= 0.6 is 11.8 Å². The van der Waals surface area contributed by atoms with Crippen LogP contribution in [0.2, 0.25) is 0 Å². The van der Waals surface area contributed by atoms with Crippen LogP contribution in [0.5, 0.6) is 11.5 Å². The van der Waals surface area contributed by atoms with Gasteiger partial charge in [0.05, 0.1) is 29.9 Å². The van der Waals surface area contributed by atoms with Crippen LogP contribution in [0.15, 0.2) is 59.1 Å². The van der Waals surface area contributed by atoms with Crippen molar-refractivity contribution in [1.29, 1.82) is 5.26 Å². The molecule has 1 N–H and O–H groups in total. The Labute approximate surface area is 175 Å². The van der Waals surface area contributed by atoms with E-state index in [9.17, 15) is 10.1 Å². The largest absolute Gasteiger partial charge is 0.494 e. The van der Waals surface area contributed by atoms with Crippen LogP contribution in [-0.4, -0.2) is 24.9 Å². The number of rotatable bonds is 8. The number of carbonyl (C=O) groups excluding carboxylic acids is 1. The first-order valence-corrected chi connectivity index (χ1v) is 10.6. The highest BCUT2D eigenvalue weighted by atomic mass is 32.2. The van der Waals surface area contributed by atoms with Crippen LogP contribution in [0, 0.1) is 18.3 Å². The molecule has 0 radical (unpaired) electrons. The number of nitrogens with zero attached hydrogens (tertiary/aromatic N) is 1. The summed E-state index contributed by atoms with van der Waals surface area (Å²) < 4.78 is 11.2. The number of ether oxygens (including phenoxy) is 2. The number of hydrogen-bond acceptors (Lipinski definition) is 5. The Morgan fingerprint density at radius 3 is 2.41 bits per heavy atom.